The molecule has 140 valence electrons. The number of aryl methyl sites for hydroxylation is 2. The number of amides is 2. The molecule has 0 aliphatic carbocycles. The number of aromatic nitrogens is 1. The van der Waals surface area contributed by atoms with Gasteiger partial charge in [0.05, 0.1) is 12.2 Å². The largest absolute Gasteiger partial charge is 0.336 e. The Kier molecular flexibility index (Phi) is 6.41. The minimum absolute atomic E-state index is 0.0406. The third kappa shape index (κ3) is 5.16. The fourth-order valence-electron chi connectivity index (χ4n) is 3.51. The van der Waals surface area contributed by atoms with Crippen LogP contribution in [0.5, 0.6) is 0 Å². The molecule has 1 fully saturated rings. The second-order valence-corrected chi connectivity index (χ2v) is 7.71. The van der Waals surface area contributed by atoms with Gasteiger partial charge in [0.15, 0.2) is 0 Å². The highest BCUT2D eigenvalue weighted by atomic mass is 16.2. The third-order valence-electron chi connectivity index (χ3n) is 5.33. The van der Waals surface area contributed by atoms with Crippen LogP contribution in [0.1, 0.15) is 29.8 Å². The number of rotatable bonds is 5. The fraction of sp³-hybridized carbons (Fsp3) is 0.684. The summed E-state index contributed by atoms with van der Waals surface area (Å²) in [7, 11) is 8.20. The minimum Gasteiger partial charge on any atom is -0.336 e. The summed E-state index contributed by atoms with van der Waals surface area (Å²) in [5, 5.41) is 3.14. The highest BCUT2D eigenvalue weighted by Crippen LogP contribution is 2.25. The van der Waals surface area contributed by atoms with E-state index in [0.717, 1.165) is 37.3 Å². The van der Waals surface area contributed by atoms with Crippen LogP contribution < -0.4 is 5.32 Å². The first-order valence-corrected chi connectivity index (χ1v) is 9.01. The van der Waals surface area contributed by atoms with Crippen molar-refractivity contribution < 1.29 is 4.79 Å². The van der Waals surface area contributed by atoms with Gasteiger partial charge in [-0.1, -0.05) is 0 Å². The number of likely N-dealkylation sites (tertiary alicyclic amines) is 1. The van der Waals surface area contributed by atoms with Crippen molar-refractivity contribution >= 4 is 6.03 Å². The number of nitrogens with zero attached hydrogens (tertiary/aromatic N) is 4. The van der Waals surface area contributed by atoms with Crippen molar-refractivity contribution in [2.45, 2.75) is 38.8 Å². The minimum atomic E-state index is -0.0406. The molecule has 1 N–H and O–H groups in total. The lowest BCUT2D eigenvalue weighted by Gasteiger charge is -2.45. The van der Waals surface area contributed by atoms with Crippen LogP contribution in [-0.4, -0.2) is 79.1 Å². The van der Waals surface area contributed by atoms with Gasteiger partial charge in [-0.15, -0.1) is 0 Å². The number of carbonyl (C=O) groups is 1. The van der Waals surface area contributed by atoms with Crippen LogP contribution in [-0.2, 0) is 6.54 Å². The summed E-state index contributed by atoms with van der Waals surface area (Å²) in [6.45, 7) is 7.37. The molecule has 2 heterocycles. The summed E-state index contributed by atoms with van der Waals surface area (Å²) in [6.07, 6.45) is 2.14. The maximum absolute atomic E-state index is 12.5. The van der Waals surface area contributed by atoms with E-state index in [9.17, 15) is 4.79 Å². The average molecular weight is 348 g/mol. The standard InChI is InChI=1S/C19H33N5O/c1-15-11-16(2)21-17(12-15)13-24(6)18(25)20-14-19(22(3)4)7-9-23(5)10-8-19/h11-12H,7-10,13-14H2,1-6H3,(H,20,25). The van der Waals surface area contributed by atoms with Crippen LogP contribution in [0.3, 0.4) is 0 Å². The first-order chi connectivity index (χ1) is 11.7. The zero-order valence-electron chi connectivity index (χ0n) is 16.6. The van der Waals surface area contributed by atoms with Gasteiger partial charge in [-0.2, -0.15) is 0 Å². The number of piperidine rings is 1. The lowest BCUT2D eigenvalue weighted by molar-refractivity contribution is 0.0666. The Bertz CT molecular complexity index is 573. The van der Waals surface area contributed by atoms with Gasteiger partial charge in [0.2, 0.25) is 0 Å². The van der Waals surface area contributed by atoms with Crippen LogP contribution in [0.4, 0.5) is 4.79 Å². The summed E-state index contributed by atoms with van der Waals surface area (Å²) < 4.78 is 0. The molecule has 0 aromatic carbocycles. The molecular formula is C19H33N5O. The van der Waals surface area contributed by atoms with Crippen molar-refractivity contribution in [2.24, 2.45) is 0 Å². The quantitative estimate of drug-likeness (QED) is 0.883. The van der Waals surface area contributed by atoms with Gasteiger partial charge >= 0.3 is 6.03 Å². The van der Waals surface area contributed by atoms with Gasteiger partial charge in [0.1, 0.15) is 0 Å². The second kappa shape index (κ2) is 8.15. The molecule has 1 aliphatic heterocycles. The van der Waals surface area contributed by atoms with E-state index >= 15 is 0 Å². The van der Waals surface area contributed by atoms with Crippen LogP contribution >= 0.6 is 0 Å². The average Bonchev–Trinajstić information content (AvgIpc) is 2.53. The Morgan fingerprint density at radius 3 is 2.44 bits per heavy atom. The van der Waals surface area contributed by atoms with E-state index in [1.54, 1.807) is 4.90 Å². The molecule has 0 atom stereocenters. The Hall–Kier alpha value is -1.66. The van der Waals surface area contributed by atoms with E-state index in [4.69, 9.17) is 0 Å². The third-order valence-corrected chi connectivity index (χ3v) is 5.33. The number of nitrogens with one attached hydrogen (secondary N) is 1. The predicted octanol–water partition coefficient (Wildman–Crippen LogP) is 1.87. The van der Waals surface area contributed by atoms with E-state index in [0.29, 0.717) is 13.1 Å². The molecule has 25 heavy (non-hydrogen) atoms. The molecule has 0 bridgehead atoms. The van der Waals surface area contributed by atoms with Gasteiger partial charge in [-0.05, 0) is 78.6 Å². The Morgan fingerprint density at radius 2 is 1.88 bits per heavy atom. The molecule has 0 saturated carbocycles. The molecule has 6 heteroatoms. The van der Waals surface area contributed by atoms with Crippen LogP contribution in [0.25, 0.3) is 0 Å². The maximum Gasteiger partial charge on any atom is 0.317 e. The molecule has 1 saturated heterocycles. The molecule has 2 amide bonds. The zero-order chi connectivity index (χ0) is 18.6. The number of likely N-dealkylation sites (N-methyl/N-ethyl adjacent to an activating group) is 1. The zero-order valence-corrected chi connectivity index (χ0v) is 16.6. The molecule has 1 aliphatic rings. The number of urea groups is 1. The van der Waals surface area contributed by atoms with Crippen molar-refractivity contribution in [2.75, 3.05) is 47.8 Å². The molecule has 0 spiro atoms. The summed E-state index contributed by atoms with van der Waals surface area (Å²) >= 11 is 0. The first kappa shape index (κ1) is 19.7. The number of pyridine rings is 1. The maximum atomic E-state index is 12.5. The van der Waals surface area contributed by atoms with E-state index < -0.39 is 0 Å². The molecular weight excluding hydrogens is 314 g/mol. The molecule has 0 unspecified atom stereocenters. The fourth-order valence-corrected chi connectivity index (χ4v) is 3.51. The van der Waals surface area contributed by atoms with Crippen LogP contribution in [0.2, 0.25) is 0 Å². The Morgan fingerprint density at radius 1 is 1.24 bits per heavy atom. The predicted molar refractivity (Wildman–Crippen MR) is 102 cm³/mol. The summed E-state index contributed by atoms with van der Waals surface area (Å²) in [6, 6.07) is 4.04. The number of hydrogen-bond acceptors (Lipinski definition) is 4. The van der Waals surface area contributed by atoms with E-state index in [2.05, 4.69) is 48.2 Å². The molecule has 2 rings (SSSR count). The highest BCUT2D eigenvalue weighted by molar-refractivity contribution is 5.73. The van der Waals surface area contributed by atoms with E-state index in [-0.39, 0.29) is 11.6 Å². The SMILES string of the molecule is Cc1cc(C)nc(CN(C)C(=O)NCC2(N(C)C)CCN(C)CC2)c1. The monoisotopic (exact) mass is 347 g/mol. The highest BCUT2D eigenvalue weighted by Gasteiger charge is 2.36. The molecule has 1 aromatic heterocycles. The van der Waals surface area contributed by atoms with E-state index in [1.165, 1.54) is 5.56 Å². The number of carbonyl (C=O) groups excluding carboxylic acids is 1. The van der Waals surface area contributed by atoms with Crippen molar-refractivity contribution in [1.29, 1.82) is 0 Å². The first-order valence-electron chi connectivity index (χ1n) is 9.01. The molecule has 1 aromatic rings. The van der Waals surface area contributed by atoms with Crippen molar-refractivity contribution in [3.63, 3.8) is 0 Å². The summed E-state index contributed by atoms with van der Waals surface area (Å²) in [5.41, 5.74) is 3.13. The van der Waals surface area contributed by atoms with Gasteiger partial charge in [-0.3, -0.25) is 4.98 Å². The van der Waals surface area contributed by atoms with Gasteiger partial charge in [0, 0.05) is 24.8 Å². The van der Waals surface area contributed by atoms with Gasteiger partial charge < -0.3 is 20.0 Å². The van der Waals surface area contributed by atoms with Crippen molar-refractivity contribution in [3.8, 4) is 0 Å². The Balaban J connectivity index is 1.93. The second-order valence-electron chi connectivity index (χ2n) is 7.71. The molecule has 0 radical (unpaired) electrons. The van der Waals surface area contributed by atoms with Gasteiger partial charge in [-0.25, -0.2) is 4.79 Å². The topological polar surface area (TPSA) is 51.7 Å². The molecule has 6 nitrogen and oxygen atoms in total. The number of hydrogen-bond donors (Lipinski definition) is 1. The van der Waals surface area contributed by atoms with Crippen molar-refractivity contribution in [3.05, 3.63) is 29.1 Å². The smallest absolute Gasteiger partial charge is 0.317 e. The lowest BCUT2D eigenvalue weighted by atomic mass is 9.86. The summed E-state index contributed by atoms with van der Waals surface area (Å²) in [4.78, 5) is 23.4. The summed E-state index contributed by atoms with van der Waals surface area (Å²) in [5.74, 6) is 0. The van der Waals surface area contributed by atoms with Gasteiger partial charge in [0.25, 0.3) is 0 Å². The van der Waals surface area contributed by atoms with Crippen molar-refractivity contribution in [1.82, 2.24) is 25.0 Å². The van der Waals surface area contributed by atoms with Crippen LogP contribution in [0.15, 0.2) is 12.1 Å². The van der Waals surface area contributed by atoms with E-state index in [1.807, 2.05) is 26.1 Å². The normalized spacial score (nSPS) is 17.6. The van der Waals surface area contributed by atoms with Crippen LogP contribution in [0, 0.1) is 13.8 Å². The lowest BCUT2D eigenvalue weighted by Crippen LogP contribution is -2.58. The Labute approximate surface area is 152 Å².